The van der Waals surface area contributed by atoms with Gasteiger partial charge in [0.15, 0.2) is 0 Å². The lowest BCUT2D eigenvalue weighted by Gasteiger charge is -2.34. The molecule has 26 heavy (non-hydrogen) atoms. The summed E-state index contributed by atoms with van der Waals surface area (Å²) < 4.78 is 27.0. The molecule has 2 aromatic carbocycles. The highest BCUT2D eigenvalue weighted by molar-refractivity contribution is 7.89. The molecule has 0 atom stereocenters. The van der Waals surface area contributed by atoms with Crippen molar-refractivity contribution in [3.8, 4) is 0 Å². The Labute approximate surface area is 155 Å². The van der Waals surface area contributed by atoms with Crippen molar-refractivity contribution < 1.29 is 13.2 Å². The van der Waals surface area contributed by atoms with Crippen LogP contribution in [-0.4, -0.2) is 49.7 Å². The van der Waals surface area contributed by atoms with Gasteiger partial charge in [-0.3, -0.25) is 4.79 Å². The Morgan fingerprint density at radius 3 is 2.31 bits per heavy atom. The molecule has 5 nitrogen and oxygen atoms in total. The van der Waals surface area contributed by atoms with Crippen LogP contribution in [0.1, 0.15) is 16.7 Å². The maximum absolute atomic E-state index is 12.8. The summed E-state index contributed by atoms with van der Waals surface area (Å²) in [5, 5.41) is 0. The third-order valence-corrected chi connectivity index (χ3v) is 6.72. The molecule has 1 saturated heterocycles. The highest BCUT2D eigenvalue weighted by atomic mass is 32.2. The van der Waals surface area contributed by atoms with Crippen LogP contribution >= 0.6 is 0 Å². The molecule has 0 N–H and O–H groups in total. The minimum atomic E-state index is -3.50. The average Bonchev–Trinajstić information content (AvgIpc) is 2.63. The number of hydrogen-bond donors (Lipinski definition) is 0. The van der Waals surface area contributed by atoms with E-state index in [0.29, 0.717) is 37.5 Å². The summed E-state index contributed by atoms with van der Waals surface area (Å²) in [5.41, 5.74) is 3.03. The van der Waals surface area contributed by atoms with E-state index in [4.69, 9.17) is 0 Å². The van der Waals surface area contributed by atoms with Gasteiger partial charge in [-0.15, -0.1) is 0 Å². The Balaban J connectivity index is 1.64. The molecule has 1 fully saturated rings. The first-order valence-electron chi connectivity index (χ1n) is 8.77. The molecule has 0 aromatic heterocycles. The van der Waals surface area contributed by atoms with Gasteiger partial charge in [-0.25, -0.2) is 8.42 Å². The van der Waals surface area contributed by atoms with Gasteiger partial charge < -0.3 is 4.90 Å². The second kappa shape index (κ2) is 7.60. The van der Waals surface area contributed by atoms with Gasteiger partial charge in [-0.1, -0.05) is 36.4 Å². The molecule has 0 spiro atoms. The number of aryl methyl sites for hydroxylation is 2. The number of carbonyl (C=O) groups excluding carboxylic acids is 1. The molecule has 0 saturated carbocycles. The topological polar surface area (TPSA) is 57.7 Å². The number of sulfonamides is 1. The third kappa shape index (κ3) is 3.97. The number of nitrogens with zero attached hydrogens (tertiary/aromatic N) is 2. The fourth-order valence-corrected chi connectivity index (χ4v) is 4.71. The van der Waals surface area contributed by atoms with Crippen LogP contribution in [0.2, 0.25) is 0 Å². The van der Waals surface area contributed by atoms with Crippen molar-refractivity contribution in [3.05, 3.63) is 65.2 Å². The van der Waals surface area contributed by atoms with E-state index in [0.717, 1.165) is 16.7 Å². The van der Waals surface area contributed by atoms with Gasteiger partial charge in [0.1, 0.15) is 0 Å². The first-order valence-corrected chi connectivity index (χ1v) is 10.2. The van der Waals surface area contributed by atoms with Crippen LogP contribution in [0.15, 0.2) is 53.4 Å². The minimum Gasteiger partial charge on any atom is -0.340 e. The molecule has 0 unspecified atom stereocenters. The predicted molar refractivity (Wildman–Crippen MR) is 101 cm³/mol. The van der Waals surface area contributed by atoms with Gasteiger partial charge in [-0.2, -0.15) is 4.31 Å². The highest BCUT2D eigenvalue weighted by Crippen LogP contribution is 2.19. The van der Waals surface area contributed by atoms with Crippen molar-refractivity contribution in [1.82, 2.24) is 9.21 Å². The standard InChI is InChI=1S/C20H24N2O3S/c1-16-6-5-9-19(14-16)26(24,25)22-12-10-21(11-13-22)20(23)15-18-8-4-3-7-17(18)2/h3-9,14H,10-13,15H2,1-2H3. The van der Waals surface area contributed by atoms with Crippen LogP contribution in [-0.2, 0) is 21.2 Å². The molecule has 1 amide bonds. The van der Waals surface area contributed by atoms with E-state index in [1.165, 1.54) is 4.31 Å². The fraction of sp³-hybridized carbons (Fsp3) is 0.350. The van der Waals surface area contributed by atoms with E-state index in [1.807, 2.05) is 44.2 Å². The Hall–Kier alpha value is -2.18. The molecule has 0 radical (unpaired) electrons. The Kier molecular flexibility index (Phi) is 5.44. The molecule has 1 aliphatic heterocycles. The zero-order valence-electron chi connectivity index (χ0n) is 15.2. The summed E-state index contributed by atoms with van der Waals surface area (Å²) in [7, 11) is -3.50. The monoisotopic (exact) mass is 372 g/mol. The highest BCUT2D eigenvalue weighted by Gasteiger charge is 2.30. The van der Waals surface area contributed by atoms with E-state index >= 15 is 0 Å². The molecule has 1 aliphatic rings. The Bertz CT molecular complexity index is 901. The van der Waals surface area contributed by atoms with Crippen LogP contribution in [0.3, 0.4) is 0 Å². The zero-order valence-corrected chi connectivity index (χ0v) is 16.0. The smallest absolute Gasteiger partial charge is 0.243 e. The summed E-state index contributed by atoms with van der Waals surface area (Å²) in [4.78, 5) is 14.6. The first kappa shape index (κ1) is 18.6. The molecule has 0 bridgehead atoms. The van der Waals surface area contributed by atoms with Crippen molar-refractivity contribution >= 4 is 15.9 Å². The van der Waals surface area contributed by atoms with Crippen molar-refractivity contribution in [2.24, 2.45) is 0 Å². The van der Waals surface area contributed by atoms with Crippen molar-refractivity contribution in [3.63, 3.8) is 0 Å². The lowest BCUT2D eigenvalue weighted by molar-refractivity contribution is -0.131. The molecule has 3 rings (SSSR count). The third-order valence-electron chi connectivity index (χ3n) is 4.82. The van der Waals surface area contributed by atoms with Gasteiger partial charge >= 0.3 is 0 Å². The van der Waals surface area contributed by atoms with Crippen molar-refractivity contribution in [1.29, 1.82) is 0 Å². The Morgan fingerprint density at radius 2 is 1.65 bits per heavy atom. The number of rotatable bonds is 4. The van der Waals surface area contributed by atoms with E-state index < -0.39 is 10.0 Å². The lowest BCUT2D eigenvalue weighted by Crippen LogP contribution is -2.50. The molecular formula is C20H24N2O3S. The fourth-order valence-electron chi connectivity index (χ4n) is 3.19. The molecule has 138 valence electrons. The Morgan fingerprint density at radius 1 is 0.962 bits per heavy atom. The first-order chi connectivity index (χ1) is 12.4. The SMILES string of the molecule is Cc1cccc(S(=O)(=O)N2CCN(C(=O)Cc3ccccc3C)CC2)c1. The number of amides is 1. The summed E-state index contributed by atoms with van der Waals surface area (Å²) in [6.45, 7) is 5.38. The second-order valence-corrected chi connectivity index (χ2v) is 8.64. The van der Waals surface area contributed by atoms with Gasteiger partial charge in [0.05, 0.1) is 11.3 Å². The van der Waals surface area contributed by atoms with Crippen LogP contribution in [0.5, 0.6) is 0 Å². The van der Waals surface area contributed by atoms with E-state index in [2.05, 4.69) is 0 Å². The van der Waals surface area contributed by atoms with Gasteiger partial charge in [-0.05, 0) is 42.7 Å². The van der Waals surface area contributed by atoms with Gasteiger partial charge in [0.25, 0.3) is 0 Å². The molecule has 0 aliphatic carbocycles. The van der Waals surface area contributed by atoms with Crippen LogP contribution in [0.4, 0.5) is 0 Å². The molecular weight excluding hydrogens is 348 g/mol. The second-order valence-electron chi connectivity index (χ2n) is 6.70. The molecule has 2 aromatic rings. The number of hydrogen-bond acceptors (Lipinski definition) is 3. The number of carbonyl (C=O) groups is 1. The van der Waals surface area contributed by atoms with E-state index in [-0.39, 0.29) is 5.91 Å². The largest absolute Gasteiger partial charge is 0.340 e. The van der Waals surface area contributed by atoms with Crippen molar-refractivity contribution in [2.75, 3.05) is 26.2 Å². The zero-order chi connectivity index (χ0) is 18.7. The quantitative estimate of drug-likeness (QED) is 0.828. The maximum atomic E-state index is 12.8. The summed E-state index contributed by atoms with van der Waals surface area (Å²) in [6.07, 6.45) is 0.358. The average molecular weight is 372 g/mol. The van der Waals surface area contributed by atoms with E-state index in [1.54, 1.807) is 23.1 Å². The van der Waals surface area contributed by atoms with E-state index in [9.17, 15) is 13.2 Å². The maximum Gasteiger partial charge on any atom is 0.243 e. The minimum absolute atomic E-state index is 0.0481. The summed E-state index contributed by atoms with van der Waals surface area (Å²) >= 11 is 0. The lowest BCUT2D eigenvalue weighted by atomic mass is 10.1. The van der Waals surface area contributed by atoms with Crippen molar-refractivity contribution in [2.45, 2.75) is 25.2 Å². The van der Waals surface area contributed by atoms with Gasteiger partial charge in [0, 0.05) is 26.2 Å². The predicted octanol–water partition coefficient (Wildman–Crippen LogP) is 2.38. The molecule has 1 heterocycles. The van der Waals surface area contributed by atoms with Crippen LogP contribution in [0.25, 0.3) is 0 Å². The van der Waals surface area contributed by atoms with Crippen LogP contribution < -0.4 is 0 Å². The summed E-state index contributed by atoms with van der Waals surface area (Å²) in [5.74, 6) is 0.0481. The summed E-state index contributed by atoms with van der Waals surface area (Å²) in [6, 6.07) is 14.8. The number of benzene rings is 2. The normalized spacial score (nSPS) is 15.8. The number of piperazine rings is 1. The molecule has 6 heteroatoms. The van der Waals surface area contributed by atoms with Gasteiger partial charge in [0.2, 0.25) is 15.9 Å². The van der Waals surface area contributed by atoms with Crippen LogP contribution in [0, 0.1) is 13.8 Å².